The van der Waals surface area contributed by atoms with Gasteiger partial charge < -0.3 is 28.6 Å². The topological polar surface area (TPSA) is 158 Å². The van der Waals surface area contributed by atoms with Gasteiger partial charge in [0.1, 0.15) is 34.7 Å². The summed E-state index contributed by atoms with van der Waals surface area (Å²) < 4.78 is 36.4. The van der Waals surface area contributed by atoms with Crippen molar-refractivity contribution in [1.82, 2.24) is 34.4 Å². The molecule has 17 heteroatoms. The first kappa shape index (κ1) is 48.3. The van der Waals surface area contributed by atoms with E-state index >= 15 is 0 Å². The Kier molecular flexibility index (Phi) is 13.5. The summed E-state index contributed by atoms with van der Waals surface area (Å²) in [6, 6.07) is 18.4. The number of ether oxygens (including phenoxy) is 3. The maximum absolute atomic E-state index is 14.6. The molecule has 0 saturated carbocycles. The highest BCUT2D eigenvalue weighted by molar-refractivity contribution is 6.35. The van der Waals surface area contributed by atoms with Gasteiger partial charge >= 0.3 is 5.97 Å². The monoisotopic (exact) mass is 973 g/mol. The number of carbonyl (C=O) groups excluding carboxylic acids is 5. The molecule has 4 aromatic carbocycles. The van der Waals surface area contributed by atoms with E-state index in [9.17, 15) is 28.4 Å². The number of halogens is 2. The molecule has 0 bridgehead atoms. The van der Waals surface area contributed by atoms with Crippen molar-refractivity contribution in [2.24, 2.45) is 7.05 Å². The second kappa shape index (κ2) is 19.5. The number of nitrogens with zero attached hydrogens (tertiary/aromatic N) is 6. The summed E-state index contributed by atoms with van der Waals surface area (Å²) in [5, 5.41) is 10.0. The van der Waals surface area contributed by atoms with Crippen LogP contribution in [0, 0.1) is 19.7 Å². The average molecular weight is 975 g/mol. The number of benzene rings is 4. The fourth-order valence-corrected chi connectivity index (χ4v) is 10.3. The molecule has 0 aliphatic carbocycles. The van der Waals surface area contributed by atoms with Crippen molar-refractivity contribution in [3.8, 4) is 22.6 Å². The molecular weight excluding hydrogens is 917 g/mol. The van der Waals surface area contributed by atoms with Gasteiger partial charge in [-0.05, 0) is 119 Å². The minimum Gasteiger partial charge on any atom is -0.493 e. The van der Waals surface area contributed by atoms with Crippen LogP contribution in [-0.4, -0.2) is 116 Å². The molecule has 3 aliphatic heterocycles. The summed E-state index contributed by atoms with van der Waals surface area (Å²) in [5.41, 5.74) is 5.86. The lowest BCUT2D eigenvalue weighted by atomic mass is 9.98. The molecule has 15 nitrogen and oxygen atoms in total. The van der Waals surface area contributed by atoms with Gasteiger partial charge in [-0.25, -0.2) is 9.18 Å². The number of aromatic nitrogens is 3. The number of esters is 1. The Morgan fingerprint density at radius 2 is 1.69 bits per heavy atom. The van der Waals surface area contributed by atoms with E-state index in [1.807, 2.05) is 76.7 Å². The lowest BCUT2D eigenvalue weighted by molar-refractivity contribution is -0.137. The average Bonchev–Trinajstić information content (AvgIpc) is 3.91. The van der Waals surface area contributed by atoms with Gasteiger partial charge in [0.05, 0.1) is 22.8 Å². The predicted octanol–water partition coefficient (Wildman–Crippen LogP) is 7.56. The smallest absolute Gasteiger partial charge is 0.355 e. The molecule has 4 amide bonds. The lowest BCUT2D eigenvalue weighted by Gasteiger charge is -2.35. The van der Waals surface area contributed by atoms with Crippen molar-refractivity contribution in [2.45, 2.75) is 85.0 Å². The number of hydrogen-bond donors (Lipinski definition) is 1. The molecule has 2 fully saturated rings. The Bertz CT molecular complexity index is 3080. The maximum Gasteiger partial charge on any atom is 0.355 e. The van der Waals surface area contributed by atoms with Crippen molar-refractivity contribution in [3.63, 3.8) is 0 Å². The van der Waals surface area contributed by atoms with Crippen molar-refractivity contribution in [2.75, 3.05) is 45.9 Å². The number of piperidine rings is 1. The summed E-state index contributed by atoms with van der Waals surface area (Å²) in [6.07, 6.45) is 1.48. The van der Waals surface area contributed by atoms with Crippen LogP contribution in [0.25, 0.3) is 32.8 Å². The summed E-state index contributed by atoms with van der Waals surface area (Å²) in [6.45, 7) is 13.0. The molecule has 5 heterocycles. The van der Waals surface area contributed by atoms with Gasteiger partial charge in [-0.2, -0.15) is 5.10 Å². The Balaban J connectivity index is 0.921. The van der Waals surface area contributed by atoms with Gasteiger partial charge in [-0.15, -0.1) is 0 Å². The number of piperazine rings is 1. The Morgan fingerprint density at radius 1 is 0.914 bits per heavy atom. The van der Waals surface area contributed by atoms with E-state index in [4.69, 9.17) is 30.9 Å². The number of carbonyl (C=O) groups is 5. The molecular formula is C53H57ClFN7O8. The highest BCUT2D eigenvalue weighted by Crippen LogP contribution is 2.43. The van der Waals surface area contributed by atoms with Crippen LogP contribution >= 0.6 is 11.6 Å². The molecule has 1 unspecified atom stereocenters. The molecule has 0 spiro atoms. The number of amides is 4. The lowest BCUT2D eigenvalue weighted by Crippen LogP contribution is -2.52. The fourth-order valence-electron chi connectivity index (χ4n) is 10.0. The van der Waals surface area contributed by atoms with Gasteiger partial charge in [-0.3, -0.25) is 34.1 Å². The van der Waals surface area contributed by atoms with Crippen molar-refractivity contribution in [3.05, 3.63) is 111 Å². The third-order valence-corrected chi connectivity index (χ3v) is 13.8. The van der Waals surface area contributed by atoms with Crippen molar-refractivity contribution >= 4 is 62.9 Å². The summed E-state index contributed by atoms with van der Waals surface area (Å²) in [4.78, 5) is 71.0. The molecule has 1 atom stereocenters. The number of hydrogen-bond acceptors (Lipinski definition) is 10. The molecule has 3 aliphatic rings. The van der Waals surface area contributed by atoms with Gasteiger partial charge in [-0.1, -0.05) is 29.8 Å². The van der Waals surface area contributed by atoms with E-state index in [0.29, 0.717) is 92.1 Å². The first-order valence-electron chi connectivity index (χ1n) is 23.7. The zero-order chi connectivity index (χ0) is 49.6. The largest absolute Gasteiger partial charge is 0.493 e. The second-order valence-electron chi connectivity index (χ2n) is 19.3. The summed E-state index contributed by atoms with van der Waals surface area (Å²) >= 11 is 7.19. The van der Waals surface area contributed by atoms with Crippen LogP contribution in [0.5, 0.6) is 11.5 Å². The van der Waals surface area contributed by atoms with E-state index in [-0.39, 0.29) is 49.5 Å². The highest BCUT2D eigenvalue weighted by Gasteiger charge is 2.39. The van der Waals surface area contributed by atoms with E-state index in [1.165, 1.54) is 17.0 Å². The van der Waals surface area contributed by atoms with Crippen LogP contribution in [0.2, 0.25) is 5.02 Å². The molecule has 1 N–H and O–H groups in total. The number of aryl methyl sites for hydroxylation is 3. The quantitative estimate of drug-likeness (QED) is 0.0657. The van der Waals surface area contributed by atoms with Crippen LogP contribution in [0.3, 0.4) is 0 Å². The second-order valence-corrected chi connectivity index (χ2v) is 19.7. The summed E-state index contributed by atoms with van der Waals surface area (Å²) in [7, 11) is 1.90. The van der Waals surface area contributed by atoms with Gasteiger partial charge in [0.2, 0.25) is 11.8 Å². The highest BCUT2D eigenvalue weighted by atomic mass is 35.5. The Hall–Kier alpha value is -6.78. The summed E-state index contributed by atoms with van der Waals surface area (Å²) in [5.74, 6) is -0.948. The Morgan fingerprint density at radius 3 is 2.41 bits per heavy atom. The van der Waals surface area contributed by atoms with Crippen LogP contribution in [0.1, 0.15) is 83.4 Å². The van der Waals surface area contributed by atoms with Gasteiger partial charge in [0.25, 0.3) is 11.8 Å². The zero-order valence-corrected chi connectivity index (χ0v) is 41.1. The number of fused-ring (bicyclic) bond motifs is 3. The maximum atomic E-state index is 14.6. The van der Waals surface area contributed by atoms with Gasteiger partial charge in [0.15, 0.2) is 6.61 Å². The fraction of sp³-hybridized carbons (Fsp3) is 0.396. The van der Waals surface area contributed by atoms with E-state index in [1.54, 1.807) is 29.2 Å². The predicted molar refractivity (Wildman–Crippen MR) is 263 cm³/mol. The number of nitrogens with one attached hydrogen (secondary N) is 1. The SMILES string of the molecule is Cc1nn(C)c(C)c1-c1c(Cl)ccc2c(CCCOc3cccc4cc(F)ccc34)c(C(=O)OC(C)(C)C)n(CCN3CCN(C(=O)COc4ccc5c(c4)CN(C4CCC(=O)NC4=O)C5=O)CC3)c12. The van der Waals surface area contributed by atoms with Crippen LogP contribution < -0.4 is 14.8 Å². The van der Waals surface area contributed by atoms with E-state index < -0.39 is 23.5 Å². The third-order valence-electron chi connectivity index (χ3n) is 13.5. The van der Waals surface area contributed by atoms with E-state index in [2.05, 4.69) is 14.8 Å². The van der Waals surface area contributed by atoms with Crippen LogP contribution in [0.15, 0.2) is 66.7 Å². The first-order valence-corrected chi connectivity index (χ1v) is 24.1. The third kappa shape index (κ3) is 9.71. The first-order chi connectivity index (χ1) is 33.4. The minimum atomic E-state index is -0.783. The normalized spacial score (nSPS) is 16.6. The van der Waals surface area contributed by atoms with Gasteiger partial charge in [0, 0.05) is 92.4 Å². The van der Waals surface area contributed by atoms with Crippen molar-refractivity contribution in [1.29, 1.82) is 0 Å². The standard InChI is InChI=1S/C53H57ClFN7O8/c1-31-46(32(2)58(6)57-31)47-41(54)17-16-40-39(10-8-26-68-43-11-7-9-33-27-35(55)12-14-37(33)43)49(52(67)70-53(3,4)5)61(48(40)47)25-22-59-20-23-60(24-21-59)45(64)30-69-36-13-15-38-34(28-36)29-62(51(38)66)42-18-19-44(63)56-50(42)65/h7,9,11-17,27-28,42H,8,10,18-26,29-30H2,1-6H3,(H,56,63,65). The molecule has 6 aromatic rings. The molecule has 0 radical (unpaired) electrons. The number of rotatable bonds is 14. The molecule has 2 aromatic heterocycles. The van der Waals surface area contributed by atoms with Crippen LogP contribution in [-0.2, 0) is 45.7 Å². The van der Waals surface area contributed by atoms with E-state index in [0.717, 1.165) is 49.8 Å². The minimum absolute atomic E-state index is 0.169. The van der Waals surface area contributed by atoms with Crippen molar-refractivity contribution < 1.29 is 42.6 Å². The zero-order valence-electron chi connectivity index (χ0n) is 40.3. The number of imide groups is 1. The molecule has 70 heavy (non-hydrogen) atoms. The molecule has 9 rings (SSSR count). The molecule has 366 valence electrons. The molecule has 2 saturated heterocycles. The Labute approximate surface area is 410 Å². The van der Waals surface area contributed by atoms with Crippen LogP contribution in [0.4, 0.5) is 4.39 Å².